The van der Waals surface area contributed by atoms with Crippen LogP contribution in [0.15, 0.2) is 36.5 Å². The first kappa shape index (κ1) is 16.9. The normalized spacial score (nSPS) is 19.5. The Balaban J connectivity index is 1.29. The van der Waals surface area contributed by atoms with Crippen molar-refractivity contribution in [3.8, 4) is 0 Å². The van der Waals surface area contributed by atoms with Crippen molar-refractivity contribution in [3.05, 3.63) is 52.0 Å². The fourth-order valence-electron chi connectivity index (χ4n) is 2.66. The molecule has 1 amide bonds. The van der Waals surface area contributed by atoms with Gasteiger partial charge in [-0.3, -0.25) is 0 Å². The van der Waals surface area contributed by atoms with E-state index in [9.17, 15) is 4.79 Å². The van der Waals surface area contributed by atoms with E-state index in [4.69, 9.17) is 4.74 Å². The van der Waals surface area contributed by atoms with E-state index in [2.05, 4.69) is 22.5 Å². The van der Waals surface area contributed by atoms with Crippen molar-refractivity contribution in [2.45, 2.75) is 51.4 Å². The molecule has 24 heavy (non-hydrogen) atoms. The van der Waals surface area contributed by atoms with Crippen molar-refractivity contribution >= 4 is 17.4 Å². The number of nitrogens with one attached hydrogen (secondary N) is 2. The summed E-state index contributed by atoms with van der Waals surface area (Å²) in [6.45, 7) is 3.26. The van der Waals surface area contributed by atoms with E-state index in [0.717, 1.165) is 36.4 Å². The Morgan fingerprint density at radius 1 is 1.29 bits per heavy atom. The number of aromatic nitrogens is 1. The fraction of sp³-hybridized carbons (Fsp3) is 0.444. The first-order chi connectivity index (χ1) is 11.7. The van der Waals surface area contributed by atoms with Gasteiger partial charge in [-0.25, -0.2) is 9.78 Å². The highest BCUT2D eigenvalue weighted by Gasteiger charge is 2.30. The van der Waals surface area contributed by atoms with E-state index >= 15 is 0 Å². The Kier molecular flexibility index (Phi) is 5.82. The summed E-state index contributed by atoms with van der Waals surface area (Å²) in [5.74, 6) is 0. The topological polar surface area (TPSA) is 63.2 Å². The minimum Gasteiger partial charge on any atom is -0.445 e. The highest BCUT2D eigenvalue weighted by atomic mass is 32.1. The van der Waals surface area contributed by atoms with E-state index in [1.807, 2.05) is 36.5 Å². The molecule has 5 nitrogen and oxygen atoms in total. The third-order valence-corrected chi connectivity index (χ3v) is 5.31. The molecule has 1 aliphatic carbocycles. The number of rotatable bonds is 7. The van der Waals surface area contributed by atoms with Gasteiger partial charge in [-0.2, -0.15) is 0 Å². The lowest BCUT2D eigenvalue weighted by Gasteiger charge is -2.35. The van der Waals surface area contributed by atoms with Crippen LogP contribution in [0.25, 0.3) is 0 Å². The molecular weight excluding hydrogens is 322 g/mol. The number of aryl methyl sites for hydroxylation is 1. The van der Waals surface area contributed by atoms with Gasteiger partial charge >= 0.3 is 6.09 Å². The molecule has 0 bridgehead atoms. The number of nitrogens with zero attached hydrogens (tertiary/aromatic N) is 1. The molecule has 0 atom stereocenters. The molecule has 1 fully saturated rings. The fourth-order valence-corrected chi connectivity index (χ4v) is 3.47. The Hall–Kier alpha value is -1.92. The van der Waals surface area contributed by atoms with Crippen LogP contribution in [-0.2, 0) is 24.3 Å². The van der Waals surface area contributed by atoms with Crippen LogP contribution < -0.4 is 10.6 Å². The lowest BCUT2D eigenvalue weighted by molar-refractivity contribution is 0.125. The van der Waals surface area contributed by atoms with E-state index in [1.165, 1.54) is 4.88 Å². The van der Waals surface area contributed by atoms with Crippen molar-refractivity contribution in [2.24, 2.45) is 0 Å². The van der Waals surface area contributed by atoms with Crippen molar-refractivity contribution in [1.29, 1.82) is 0 Å². The second-order valence-electron chi connectivity index (χ2n) is 6.03. The number of alkyl carbamates (subject to hydrolysis) is 1. The number of ether oxygens (including phenoxy) is 1. The van der Waals surface area contributed by atoms with Gasteiger partial charge in [0.2, 0.25) is 0 Å². The van der Waals surface area contributed by atoms with Crippen molar-refractivity contribution in [2.75, 3.05) is 0 Å². The standard InChI is InChI=1S/C18H23N3O2S/c1-2-16-10-20-17(24-16)11-19-14-8-15(9-14)21-18(22)23-12-13-6-4-3-5-7-13/h3-7,10,14-15,19H,2,8-9,11-12H2,1H3,(H,21,22). The van der Waals surface area contributed by atoms with Gasteiger partial charge in [0.25, 0.3) is 0 Å². The zero-order chi connectivity index (χ0) is 16.8. The molecule has 128 valence electrons. The maximum absolute atomic E-state index is 11.8. The lowest BCUT2D eigenvalue weighted by atomic mass is 9.87. The van der Waals surface area contributed by atoms with Crippen LogP contribution >= 0.6 is 11.3 Å². The molecule has 3 rings (SSSR count). The summed E-state index contributed by atoms with van der Waals surface area (Å²) in [6, 6.07) is 10.3. The van der Waals surface area contributed by atoms with Crippen LogP contribution in [0, 0.1) is 0 Å². The minimum atomic E-state index is -0.338. The molecule has 1 aromatic heterocycles. The predicted molar refractivity (Wildman–Crippen MR) is 94.9 cm³/mol. The summed E-state index contributed by atoms with van der Waals surface area (Å²) < 4.78 is 5.24. The summed E-state index contributed by atoms with van der Waals surface area (Å²) in [6.07, 6.45) is 4.53. The molecule has 6 heteroatoms. The van der Waals surface area contributed by atoms with E-state index < -0.39 is 0 Å². The number of thiazole rings is 1. The van der Waals surface area contributed by atoms with Crippen LogP contribution in [0.2, 0.25) is 0 Å². The second-order valence-corrected chi connectivity index (χ2v) is 7.23. The number of hydrogen-bond donors (Lipinski definition) is 2. The zero-order valence-corrected chi connectivity index (χ0v) is 14.6. The first-order valence-corrected chi connectivity index (χ1v) is 9.18. The zero-order valence-electron chi connectivity index (χ0n) is 13.8. The number of benzene rings is 1. The van der Waals surface area contributed by atoms with Gasteiger partial charge in [0.05, 0.1) is 0 Å². The van der Waals surface area contributed by atoms with Crippen molar-refractivity contribution < 1.29 is 9.53 Å². The summed E-state index contributed by atoms with van der Waals surface area (Å²) in [5.41, 5.74) is 0.996. The Bertz CT molecular complexity index is 653. The molecule has 1 saturated carbocycles. The molecule has 0 spiro atoms. The van der Waals surface area contributed by atoms with Gasteiger partial charge in [0.15, 0.2) is 0 Å². The Labute approximate surface area is 146 Å². The molecule has 0 unspecified atom stereocenters. The minimum absolute atomic E-state index is 0.202. The maximum Gasteiger partial charge on any atom is 0.407 e. The molecule has 1 aliphatic rings. The molecule has 2 N–H and O–H groups in total. The van der Waals surface area contributed by atoms with Crippen LogP contribution in [0.5, 0.6) is 0 Å². The van der Waals surface area contributed by atoms with E-state index in [1.54, 1.807) is 11.3 Å². The third-order valence-electron chi connectivity index (χ3n) is 4.16. The number of carbonyl (C=O) groups is 1. The molecule has 1 aromatic carbocycles. The van der Waals surface area contributed by atoms with Gasteiger partial charge in [-0.1, -0.05) is 37.3 Å². The van der Waals surface area contributed by atoms with Gasteiger partial charge in [-0.15, -0.1) is 11.3 Å². The summed E-state index contributed by atoms with van der Waals surface area (Å²) in [4.78, 5) is 17.5. The van der Waals surface area contributed by atoms with Gasteiger partial charge in [0, 0.05) is 29.7 Å². The van der Waals surface area contributed by atoms with Crippen LogP contribution in [0.3, 0.4) is 0 Å². The highest BCUT2D eigenvalue weighted by molar-refractivity contribution is 7.11. The van der Waals surface area contributed by atoms with E-state index in [0.29, 0.717) is 12.6 Å². The average Bonchev–Trinajstić information content (AvgIpc) is 3.04. The number of carbonyl (C=O) groups excluding carboxylic acids is 1. The Morgan fingerprint density at radius 2 is 2.08 bits per heavy atom. The number of amides is 1. The lowest BCUT2D eigenvalue weighted by Crippen LogP contribution is -2.52. The van der Waals surface area contributed by atoms with Crippen molar-refractivity contribution in [3.63, 3.8) is 0 Å². The van der Waals surface area contributed by atoms with Gasteiger partial charge in [0.1, 0.15) is 11.6 Å². The average molecular weight is 345 g/mol. The molecule has 1 heterocycles. The third kappa shape index (κ3) is 4.79. The first-order valence-electron chi connectivity index (χ1n) is 8.37. The smallest absolute Gasteiger partial charge is 0.407 e. The second kappa shape index (κ2) is 8.26. The number of hydrogen-bond acceptors (Lipinski definition) is 5. The molecule has 0 aliphatic heterocycles. The quantitative estimate of drug-likeness (QED) is 0.808. The van der Waals surface area contributed by atoms with Gasteiger partial charge in [-0.05, 0) is 24.8 Å². The van der Waals surface area contributed by atoms with Crippen LogP contribution in [0.1, 0.15) is 35.2 Å². The largest absolute Gasteiger partial charge is 0.445 e. The predicted octanol–water partition coefficient (Wildman–Crippen LogP) is 3.25. The maximum atomic E-state index is 11.8. The van der Waals surface area contributed by atoms with Crippen LogP contribution in [0.4, 0.5) is 4.79 Å². The molecular formula is C18H23N3O2S. The molecule has 2 aromatic rings. The highest BCUT2D eigenvalue weighted by Crippen LogP contribution is 2.21. The molecule has 0 saturated heterocycles. The Morgan fingerprint density at radius 3 is 2.79 bits per heavy atom. The summed E-state index contributed by atoms with van der Waals surface area (Å²) in [5, 5.41) is 7.53. The molecule has 0 radical (unpaired) electrons. The van der Waals surface area contributed by atoms with E-state index in [-0.39, 0.29) is 12.1 Å². The SMILES string of the molecule is CCc1cnc(CNC2CC(NC(=O)OCc3ccccc3)C2)s1. The van der Waals surface area contributed by atoms with Crippen molar-refractivity contribution in [1.82, 2.24) is 15.6 Å². The summed E-state index contributed by atoms with van der Waals surface area (Å²) in [7, 11) is 0. The monoisotopic (exact) mass is 345 g/mol. The van der Waals surface area contributed by atoms with Gasteiger partial charge < -0.3 is 15.4 Å². The summed E-state index contributed by atoms with van der Waals surface area (Å²) >= 11 is 1.76. The van der Waals surface area contributed by atoms with Crippen LogP contribution in [-0.4, -0.2) is 23.2 Å².